The van der Waals surface area contributed by atoms with E-state index in [1.807, 2.05) is 13.8 Å². The van der Waals surface area contributed by atoms with Gasteiger partial charge in [-0.15, -0.1) is 0 Å². The zero-order valence-corrected chi connectivity index (χ0v) is 15.1. The van der Waals surface area contributed by atoms with Gasteiger partial charge in [-0.1, -0.05) is 13.8 Å². The molecule has 0 unspecified atom stereocenters. The van der Waals surface area contributed by atoms with E-state index in [1.165, 1.54) is 12.5 Å². The molecule has 0 saturated heterocycles. The topological polar surface area (TPSA) is 187 Å². The lowest BCUT2D eigenvalue weighted by Gasteiger charge is -2.23. The molecule has 0 aliphatic carbocycles. The normalized spacial score (nSPS) is 14.2. The maximum absolute atomic E-state index is 12.4. The number of H-pyrrole nitrogens is 1. The number of imidazole rings is 1. The number of carboxylic acids is 2. The van der Waals surface area contributed by atoms with Gasteiger partial charge in [0.1, 0.15) is 12.1 Å². The van der Waals surface area contributed by atoms with E-state index < -0.39 is 48.3 Å². The highest BCUT2D eigenvalue weighted by atomic mass is 16.4. The predicted octanol–water partition coefficient (Wildman–Crippen LogP) is -1.15. The van der Waals surface area contributed by atoms with E-state index in [0.29, 0.717) is 5.69 Å². The summed E-state index contributed by atoms with van der Waals surface area (Å²) in [6.07, 6.45) is 2.60. The molecule has 0 aliphatic heterocycles. The average Bonchev–Trinajstić information content (AvgIpc) is 3.05. The summed E-state index contributed by atoms with van der Waals surface area (Å²) < 4.78 is 0. The van der Waals surface area contributed by atoms with Crippen LogP contribution in [0.5, 0.6) is 0 Å². The van der Waals surface area contributed by atoms with Crippen molar-refractivity contribution in [2.45, 2.75) is 51.2 Å². The number of aromatic amines is 1. The molecule has 0 spiro atoms. The number of rotatable bonds is 11. The maximum Gasteiger partial charge on any atom is 0.326 e. The third-order valence-electron chi connectivity index (χ3n) is 3.66. The maximum atomic E-state index is 12.4. The quantitative estimate of drug-likeness (QED) is 0.276. The Balaban J connectivity index is 2.77. The molecule has 0 aliphatic rings. The number of hydrogen-bond donors (Lipinski definition) is 6. The third kappa shape index (κ3) is 7.86. The summed E-state index contributed by atoms with van der Waals surface area (Å²) >= 11 is 0. The number of carbonyl (C=O) groups excluding carboxylic acids is 2. The fraction of sp³-hybridized carbons (Fsp3) is 0.562. The van der Waals surface area contributed by atoms with Gasteiger partial charge in [-0.3, -0.25) is 14.4 Å². The third-order valence-corrected chi connectivity index (χ3v) is 3.66. The number of aromatic nitrogens is 2. The smallest absolute Gasteiger partial charge is 0.326 e. The van der Waals surface area contributed by atoms with E-state index in [2.05, 4.69) is 20.6 Å². The summed E-state index contributed by atoms with van der Waals surface area (Å²) in [5.41, 5.74) is 6.49. The Morgan fingerprint density at radius 3 is 2.26 bits per heavy atom. The summed E-state index contributed by atoms with van der Waals surface area (Å²) in [6, 6.07) is -3.58. The van der Waals surface area contributed by atoms with Gasteiger partial charge in [-0.2, -0.15) is 0 Å². The lowest BCUT2D eigenvalue weighted by atomic mass is 10.0. The average molecular weight is 383 g/mol. The number of hydrogen-bond acceptors (Lipinski definition) is 6. The van der Waals surface area contributed by atoms with Gasteiger partial charge in [-0.05, 0) is 12.3 Å². The molecule has 0 bridgehead atoms. The summed E-state index contributed by atoms with van der Waals surface area (Å²) in [4.78, 5) is 53.2. The van der Waals surface area contributed by atoms with Gasteiger partial charge in [0.15, 0.2) is 0 Å². The Bertz CT molecular complexity index is 660. The van der Waals surface area contributed by atoms with Gasteiger partial charge in [0.05, 0.1) is 18.8 Å². The first-order valence-electron chi connectivity index (χ1n) is 8.38. The molecule has 1 heterocycles. The number of carbonyl (C=O) groups is 4. The van der Waals surface area contributed by atoms with Crippen molar-refractivity contribution in [2.24, 2.45) is 11.7 Å². The molecule has 1 aromatic rings. The monoisotopic (exact) mass is 383 g/mol. The largest absolute Gasteiger partial charge is 0.481 e. The highest BCUT2D eigenvalue weighted by Gasteiger charge is 2.29. The molecule has 1 rings (SSSR count). The number of aliphatic carboxylic acids is 2. The van der Waals surface area contributed by atoms with Crippen LogP contribution in [0.1, 0.15) is 32.4 Å². The molecule has 0 saturated carbocycles. The van der Waals surface area contributed by atoms with Gasteiger partial charge >= 0.3 is 11.9 Å². The summed E-state index contributed by atoms with van der Waals surface area (Å²) in [6.45, 7) is 3.64. The van der Waals surface area contributed by atoms with E-state index in [0.717, 1.165) is 0 Å². The molecular weight excluding hydrogens is 358 g/mol. The minimum absolute atomic E-state index is 0.00707. The van der Waals surface area contributed by atoms with Gasteiger partial charge in [0.2, 0.25) is 11.8 Å². The molecule has 2 amide bonds. The molecule has 11 heteroatoms. The fourth-order valence-electron chi connectivity index (χ4n) is 2.35. The molecule has 150 valence electrons. The molecule has 27 heavy (non-hydrogen) atoms. The molecular formula is C16H25N5O6. The second-order valence-corrected chi connectivity index (χ2v) is 6.58. The second kappa shape index (κ2) is 10.3. The van der Waals surface area contributed by atoms with Gasteiger partial charge in [0.25, 0.3) is 0 Å². The molecule has 11 nitrogen and oxygen atoms in total. The van der Waals surface area contributed by atoms with Crippen LogP contribution in [0.3, 0.4) is 0 Å². The van der Waals surface area contributed by atoms with Crippen molar-refractivity contribution >= 4 is 23.8 Å². The zero-order chi connectivity index (χ0) is 20.6. The van der Waals surface area contributed by atoms with Crippen molar-refractivity contribution in [1.29, 1.82) is 0 Å². The number of carboxylic acid groups (broad SMARTS) is 2. The van der Waals surface area contributed by atoms with Crippen LogP contribution in [-0.4, -0.2) is 62.1 Å². The molecule has 1 aromatic heterocycles. The van der Waals surface area contributed by atoms with Crippen LogP contribution in [0, 0.1) is 5.92 Å². The van der Waals surface area contributed by atoms with Gasteiger partial charge < -0.3 is 31.6 Å². The van der Waals surface area contributed by atoms with Crippen molar-refractivity contribution < 1.29 is 29.4 Å². The van der Waals surface area contributed by atoms with Crippen molar-refractivity contribution in [2.75, 3.05) is 0 Å². The Labute approximate surface area is 155 Å². The number of nitrogens with zero attached hydrogens (tertiary/aromatic N) is 1. The standard InChI is InChI=1S/C16H25N5O6/c1-8(2)3-11(15(25)21-12(16(26)27)5-13(22)23)20-14(24)10(17)4-9-6-18-7-19-9/h6-8,10-12H,3-5,17H2,1-2H3,(H,18,19)(H,20,24)(H,21,25)(H,22,23)(H,26,27)/t10-,11-,12-/m0/s1. The van der Waals surface area contributed by atoms with Crippen molar-refractivity contribution in [3.8, 4) is 0 Å². The molecule has 0 fully saturated rings. The van der Waals surface area contributed by atoms with E-state index >= 15 is 0 Å². The summed E-state index contributed by atoms with van der Waals surface area (Å²) in [5, 5.41) is 22.5. The number of amides is 2. The first-order chi connectivity index (χ1) is 12.6. The highest BCUT2D eigenvalue weighted by molar-refractivity contribution is 5.92. The Hall–Kier alpha value is -2.95. The zero-order valence-electron chi connectivity index (χ0n) is 15.1. The molecule has 0 radical (unpaired) electrons. The summed E-state index contributed by atoms with van der Waals surface area (Å²) in [5.74, 6) is -4.20. The summed E-state index contributed by atoms with van der Waals surface area (Å²) in [7, 11) is 0. The van der Waals surface area contributed by atoms with E-state index in [4.69, 9.17) is 15.9 Å². The van der Waals surface area contributed by atoms with Crippen molar-refractivity contribution in [3.63, 3.8) is 0 Å². The minimum Gasteiger partial charge on any atom is -0.481 e. The van der Waals surface area contributed by atoms with Crippen LogP contribution in [0.25, 0.3) is 0 Å². The van der Waals surface area contributed by atoms with Crippen LogP contribution in [0.4, 0.5) is 0 Å². The van der Waals surface area contributed by atoms with Crippen LogP contribution in [0.15, 0.2) is 12.5 Å². The van der Waals surface area contributed by atoms with Crippen molar-refractivity contribution in [1.82, 2.24) is 20.6 Å². The minimum atomic E-state index is -1.60. The molecule has 7 N–H and O–H groups in total. The highest BCUT2D eigenvalue weighted by Crippen LogP contribution is 2.07. The first-order valence-corrected chi connectivity index (χ1v) is 8.38. The predicted molar refractivity (Wildman–Crippen MR) is 93.5 cm³/mol. The Morgan fingerprint density at radius 1 is 1.15 bits per heavy atom. The molecule has 3 atom stereocenters. The van der Waals surface area contributed by atoms with Crippen LogP contribution >= 0.6 is 0 Å². The number of nitrogens with one attached hydrogen (secondary N) is 3. The van der Waals surface area contributed by atoms with Gasteiger partial charge in [-0.25, -0.2) is 9.78 Å². The lowest BCUT2D eigenvalue weighted by molar-refractivity contribution is -0.147. The first kappa shape index (κ1) is 22.1. The van der Waals surface area contributed by atoms with E-state index in [-0.39, 0.29) is 18.8 Å². The van der Waals surface area contributed by atoms with Crippen LogP contribution < -0.4 is 16.4 Å². The van der Waals surface area contributed by atoms with Gasteiger partial charge in [0, 0.05) is 18.3 Å². The number of nitrogens with two attached hydrogens (primary N) is 1. The van der Waals surface area contributed by atoms with E-state index in [9.17, 15) is 19.2 Å². The SMILES string of the molecule is CC(C)C[C@H](NC(=O)[C@@H](N)Cc1cnc[nH]1)C(=O)N[C@@H](CC(=O)O)C(=O)O. The Morgan fingerprint density at radius 2 is 1.78 bits per heavy atom. The van der Waals surface area contributed by atoms with Crippen LogP contribution in [-0.2, 0) is 25.6 Å². The van der Waals surface area contributed by atoms with Crippen LogP contribution in [0.2, 0.25) is 0 Å². The van der Waals surface area contributed by atoms with E-state index in [1.54, 1.807) is 0 Å². The fourth-order valence-corrected chi connectivity index (χ4v) is 2.35. The lowest BCUT2D eigenvalue weighted by Crippen LogP contribution is -2.55. The second-order valence-electron chi connectivity index (χ2n) is 6.58. The Kier molecular flexibility index (Phi) is 8.39. The van der Waals surface area contributed by atoms with Crippen molar-refractivity contribution in [3.05, 3.63) is 18.2 Å². The molecule has 0 aromatic carbocycles.